The number of likely N-dealkylation sites (N-methyl/N-ethyl adjacent to an activating group) is 1. The Kier molecular flexibility index (Phi) is 7.20. The average molecular weight is 291 g/mol. The van der Waals surface area contributed by atoms with Gasteiger partial charge in [0.05, 0.1) is 0 Å². The summed E-state index contributed by atoms with van der Waals surface area (Å²) in [4.78, 5) is 4.83. The Morgan fingerprint density at radius 3 is 1.81 bits per heavy atom. The van der Waals surface area contributed by atoms with Crippen LogP contribution in [0.25, 0.3) is 0 Å². The minimum atomic E-state index is 0.0419. The van der Waals surface area contributed by atoms with Crippen LogP contribution < -0.4 is 10.6 Å². The van der Waals surface area contributed by atoms with Gasteiger partial charge in [-0.3, -0.25) is 4.90 Å². The van der Waals surface area contributed by atoms with E-state index in [4.69, 9.17) is 5.73 Å². The van der Waals surface area contributed by atoms with Crippen LogP contribution in [0.1, 0.15) is 40.2 Å². The van der Waals surface area contributed by atoms with Crippen LogP contribution in [0.5, 0.6) is 0 Å². The molecule has 21 heavy (non-hydrogen) atoms. The molecule has 0 amide bonds. The quantitative estimate of drug-likeness (QED) is 0.758. The monoisotopic (exact) mass is 291 g/mol. The zero-order valence-electron chi connectivity index (χ0n) is 14.5. The van der Waals surface area contributed by atoms with E-state index in [2.05, 4.69) is 68.7 Å². The smallest absolute Gasteiger partial charge is 0.0366 e. The second-order valence-electron chi connectivity index (χ2n) is 5.89. The Balaban J connectivity index is 2.86. The number of rotatable bonds is 9. The third-order valence-corrected chi connectivity index (χ3v) is 4.62. The minimum Gasteiger partial charge on any atom is -0.372 e. The Morgan fingerprint density at radius 1 is 0.905 bits per heavy atom. The predicted molar refractivity (Wildman–Crippen MR) is 94.1 cm³/mol. The molecule has 0 saturated carbocycles. The van der Waals surface area contributed by atoms with E-state index in [1.54, 1.807) is 0 Å². The number of benzene rings is 1. The predicted octanol–water partition coefficient (Wildman–Crippen LogP) is 3.13. The van der Waals surface area contributed by atoms with Crippen molar-refractivity contribution in [1.82, 2.24) is 4.90 Å². The number of hydrogen-bond acceptors (Lipinski definition) is 3. The Labute approximate surface area is 131 Å². The van der Waals surface area contributed by atoms with E-state index in [-0.39, 0.29) is 5.54 Å². The second-order valence-corrected chi connectivity index (χ2v) is 5.89. The maximum Gasteiger partial charge on any atom is 0.0366 e. The van der Waals surface area contributed by atoms with Crippen molar-refractivity contribution < 1.29 is 0 Å². The van der Waals surface area contributed by atoms with Gasteiger partial charge < -0.3 is 10.6 Å². The summed E-state index contributed by atoms with van der Waals surface area (Å²) in [6.07, 6.45) is 1.00. The molecule has 0 aliphatic heterocycles. The summed E-state index contributed by atoms with van der Waals surface area (Å²) in [7, 11) is 0. The summed E-state index contributed by atoms with van der Waals surface area (Å²) in [6.45, 7) is 16.0. The highest BCUT2D eigenvalue weighted by atomic mass is 15.2. The standard InChI is InChI=1S/C18H33N3/c1-6-20(7-2)17-12-10-16(11-13-17)14-18(5,15-19)21(8-3)9-4/h10-13H,6-9,14-15,19H2,1-5H3. The van der Waals surface area contributed by atoms with E-state index in [0.717, 1.165) is 32.6 Å². The highest BCUT2D eigenvalue weighted by Crippen LogP contribution is 2.22. The molecule has 0 aliphatic carbocycles. The molecule has 1 unspecified atom stereocenters. The summed E-state index contributed by atoms with van der Waals surface area (Å²) in [5.74, 6) is 0. The SMILES string of the molecule is CCN(CC)c1ccc(CC(C)(CN)N(CC)CC)cc1. The van der Waals surface area contributed by atoms with E-state index < -0.39 is 0 Å². The molecule has 0 saturated heterocycles. The molecular formula is C18H33N3. The minimum absolute atomic E-state index is 0.0419. The van der Waals surface area contributed by atoms with Crippen molar-refractivity contribution in [3.63, 3.8) is 0 Å². The molecule has 0 fully saturated rings. The fourth-order valence-electron chi connectivity index (χ4n) is 3.15. The van der Waals surface area contributed by atoms with Gasteiger partial charge in [0.1, 0.15) is 0 Å². The zero-order chi connectivity index (χ0) is 15.9. The van der Waals surface area contributed by atoms with Gasteiger partial charge in [0, 0.05) is 30.9 Å². The molecule has 0 bridgehead atoms. The van der Waals surface area contributed by atoms with E-state index in [9.17, 15) is 0 Å². The molecule has 2 N–H and O–H groups in total. The van der Waals surface area contributed by atoms with Crippen LogP contribution in [-0.4, -0.2) is 43.2 Å². The van der Waals surface area contributed by atoms with Crippen molar-refractivity contribution in [3.8, 4) is 0 Å². The Morgan fingerprint density at radius 2 is 1.43 bits per heavy atom. The first-order chi connectivity index (χ1) is 10.0. The lowest BCUT2D eigenvalue weighted by atomic mass is 9.90. The van der Waals surface area contributed by atoms with Crippen LogP contribution in [0.15, 0.2) is 24.3 Å². The summed E-state index contributed by atoms with van der Waals surface area (Å²) in [5, 5.41) is 0. The molecule has 1 aromatic carbocycles. The topological polar surface area (TPSA) is 32.5 Å². The maximum atomic E-state index is 6.08. The summed E-state index contributed by atoms with van der Waals surface area (Å²) >= 11 is 0. The largest absolute Gasteiger partial charge is 0.372 e. The van der Waals surface area contributed by atoms with Gasteiger partial charge in [0.2, 0.25) is 0 Å². The molecular weight excluding hydrogens is 258 g/mol. The van der Waals surface area contributed by atoms with Crippen molar-refractivity contribution in [2.24, 2.45) is 5.73 Å². The van der Waals surface area contributed by atoms with Gasteiger partial charge in [-0.25, -0.2) is 0 Å². The first-order valence-corrected chi connectivity index (χ1v) is 8.33. The number of hydrogen-bond donors (Lipinski definition) is 1. The Hall–Kier alpha value is -1.06. The molecule has 0 heterocycles. The van der Waals surface area contributed by atoms with Crippen LogP contribution in [0, 0.1) is 0 Å². The molecule has 1 rings (SSSR count). The molecule has 0 aromatic heterocycles. The summed E-state index contributed by atoms with van der Waals surface area (Å²) in [6, 6.07) is 8.99. The van der Waals surface area contributed by atoms with Gasteiger partial charge in [0.25, 0.3) is 0 Å². The van der Waals surface area contributed by atoms with Gasteiger partial charge >= 0.3 is 0 Å². The molecule has 120 valence electrons. The van der Waals surface area contributed by atoms with Gasteiger partial charge in [-0.2, -0.15) is 0 Å². The molecule has 3 nitrogen and oxygen atoms in total. The third kappa shape index (κ3) is 4.45. The maximum absolute atomic E-state index is 6.08. The van der Waals surface area contributed by atoms with Gasteiger partial charge in [-0.05, 0) is 58.0 Å². The Bertz CT molecular complexity index is 393. The van der Waals surface area contributed by atoms with Gasteiger partial charge in [-0.1, -0.05) is 26.0 Å². The lowest BCUT2D eigenvalue weighted by Crippen LogP contribution is -2.53. The molecule has 0 aliphatic rings. The summed E-state index contributed by atoms with van der Waals surface area (Å²) in [5.41, 5.74) is 8.79. The fraction of sp³-hybridized carbons (Fsp3) is 0.667. The lowest BCUT2D eigenvalue weighted by Gasteiger charge is -2.40. The van der Waals surface area contributed by atoms with Crippen molar-refractivity contribution in [3.05, 3.63) is 29.8 Å². The van der Waals surface area contributed by atoms with Gasteiger partial charge in [-0.15, -0.1) is 0 Å². The van der Waals surface area contributed by atoms with Crippen molar-refractivity contribution in [1.29, 1.82) is 0 Å². The van der Waals surface area contributed by atoms with Crippen molar-refractivity contribution in [2.45, 2.75) is 46.6 Å². The average Bonchev–Trinajstić information content (AvgIpc) is 2.51. The van der Waals surface area contributed by atoms with Gasteiger partial charge in [0.15, 0.2) is 0 Å². The molecule has 1 aromatic rings. The van der Waals surface area contributed by atoms with E-state index >= 15 is 0 Å². The van der Waals surface area contributed by atoms with Crippen LogP contribution in [0.4, 0.5) is 5.69 Å². The van der Waals surface area contributed by atoms with E-state index in [1.165, 1.54) is 11.3 Å². The molecule has 3 heteroatoms. The first kappa shape index (κ1) is 18.0. The molecule has 0 spiro atoms. The normalized spacial score (nSPS) is 14.2. The highest BCUT2D eigenvalue weighted by Gasteiger charge is 2.28. The van der Waals surface area contributed by atoms with Crippen molar-refractivity contribution in [2.75, 3.05) is 37.6 Å². The van der Waals surface area contributed by atoms with Crippen molar-refractivity contribution >= 4 is 5.69 Å². The number of nitrogens with two attached hydrogens (primary N) is 1. The highest BCUT2D eigenvalue weighted by molar-refractivity contribution is 5.47. The number of nitrogens with zero attached hydrogens (tertiary/aromatic N) is 2. The third-order valence-electron chi connectivity index (χ3n) is 4.62. The van der Waals surface area contributed by atoms with Crippen LogP contribution in [-0.2, 0) is 6.42 Å². The van der Waals surface area contributed by atoms with E-state index in [1.807, 2.05) is 0 Å². The zero-order valence-corrected chi connectivity index (χ0v) is 14.5. The molecule has 0 radical (unpaired) electrons. The van der Waals surface area contributed by atoms with Crippen LogP contribution in [0.3, 0.4) is 0 Å². The second kappa shape index (κ2) is 8.40. The van der Waals surface area contributed by atoms with Crippen LogP contribution >= 0.6 is 0 Å². The summed E-state index contributed by atoms with van der Waals surface area (Å²) < 4.78 is 0. The number of anilines is 1. The lowest BCUT2D eigenvalue weighted by molar-refractivity contribution is 0.124. The fourth-order valence-corrected chi connectivity index (χ4v) is 3.15. The van der Waals surface area contributed by atoms with E-state index in [0.29, 0.717) is 6.54 Å². The first-order valence-electron chi connectivity index (χ1n) is 8.33. The van der Waals surface area contributed by atoms with Crippen LogP contribution in [0.2, 0.25) is 0 Å². The molecule has 1 atom stereocenters.